The molecule has 0 atom stereocenters. The SMILES string of the molecule is CCC(C)(C)c1ccc2c(OCCC(C)C)c3c(c(OCCC(C)C)c2c1)=CCCC=3. The van der Waals surface area contributed by atoms with E-state index in [2.05, 4.69) is 78.8 Å². The minimum Gasteiger partial charge on any atom is -0.492 e. The molecule has 0 amide bonds. The van der Waals surface area contributed by atoms with Gasteiger partial charge < -0.3 is 9.47 Å². The average Bonchev–Trinajstić information content (AvgIpc) is 2.74. The van der Waals surface area contributed by atoms with E-state index >= 15 is 0 Å². The molecule has 1 aliphatic rings. The molecule has 0 heterocycles. The minimum absolute atomic E-state index is 0.133. The van der Waals surface area contributed by atoms with E-state index in [0.29, 0.717) is 11.8 Å². The Balaban J connectivity index is 2.22. The molecule has 0 spiro atoms. The van der Waals surface area contributed by atoms with Gasteiger partial charge in [-0.2, -0.15) is 0 Å². The molecule has 0 N–H and O–H groups in total. The van der Waals surface area contributed by atoms with E-state index in [1.54, 1.807) is 0 Å². The topological polar surface area (TPSA) is 18.5 Å². The average molecular weight is 423 g/mol. The van der Waals surface area contributed by atoms with Crippen molar-refractivity contribution in [3.05, 3.63) is 34.2 Å². The first-order chi connectivity index (χ1) is 14.7. The van der Waals surface area contributed by atoms with Crippen molar-refractivity contribution in [3.8, 4) is 11.5 Å². The van der Waals surface area contributed by atoms with Crippen LogP contribution in [0, 0.1) is 11.8 Å². The lowest BCUT2D eigenvalue weighted by molar-refractivity contribution is 0.283. The zero-order valence-electron chi connectivity index (χ0n) is 20.8. The van der Waals surface area contributed by atoms with Crippen molar-refractivity contribution in [2.24, 2.45) is 11.8 Å². The molecule has 0 saturated heterocycles. The lowest BCUT2D eigenvalue weighted by atomic mass is 9.81. The Morgan fingerprint density at radius 2 is 1.32 bits per heavy atom. The second-order valence-corrected chi connectivity index (χ2v) is 10.5. The molecule has 0 saturated carbocycles. The van der Waals surface area contributed by atoms with E-state index in [0.717, 1.165) is 56.8 Å². The van der Waals surface area contributed by atoms with Crippen molar-refractivity contribution < 1.29 is 9.47 Å². The first-order valence-electron chi connectivity index (χ1n) is 12.3. The standard InChI is InChI=1S/C29H42O2/c1-8-29(6,7)22-13-14-25-26(19-22)28(31-18-16-21(4)5)24-12-10-9-11-23(24)27(25)30-17-15-20(2)3/h11-14,19-21H,8-10,15-18H2,1-7H3. The van der Waals surface area contributed by atoms with Crippen LogP contribution in [0.3, 0.4) is 0 Å². The van der Waals surface area contributed by atoms with Crippen LogP contribution in [-0.4, -0.2) is 13.2 Å². The molecule has 2 aromatic carbocycles. The fourth-order valence-corrected chi connectivity index (χ4v) is 4.06. The van der Waals surface area contributed by atoms with Gasteiger partial charge in [-0.1, -0.05) is 72.8 Å². The Morgan fingerprint density at radius 1 is 0.806 bits per heavy atom. The first kappa shape index (κ1) is 23.7. The molecule has 2 aromatic rings. The van der Waals surface area contributed by atoms with Gasteiger partial charge in [0.25, 0.3) is 0 Å². The van der Waals surface area contributed by atoms with Crippen LogP contribution in [0.5, 0.6) is 11.5 Å². The number of hydrogen-bond donors (Lipinski definition) is 0. The van der Waals surface area contributed by atoms with Gasteiger partial charge in [0.15, 0.2) is 0 Å². The van der Waals surface area contributed by atoms with Crippen molar-refractivity contribution >= 4 is 22.9 Å². The van der Waals surface area contributed by atoms with Gasteiger partial charge in [-0.15, -0.1) is 0 Å². The largest absolute Gasteiger partial charge is 0.492 e. The van der Waals surface area contributed by atoms with Crippen LogP contribution in [0.4, 0.5) is 0 Å². The lowest BCUT2D eigenvalue weighted by Crippen LogP contribution is -2.32. The van der Waals surface area contributed by atoms with Gasteiger partial charge in [-0.25, -0.2) is 0 Å². The van der Waals surface area contributed by atoms with Crippen LogP contribution in [0.25, 0.3) is 22.9 Å². The van der Waals surface area contributed by atoms with Gasteiger partial charge in [-0.05, 0) is 61.0 Å². The Hall–Kier alpha value is -1.96. The molecule has 0 fully saturated rings. The van der Waals surface area contributed by atoms with E-state index in [9.17, 15) is 0 Å². The van der Waals surface area contributed by atoms with Gasteiger partial charge in [-0.3, -0.25) is 0 Å². The van der Waals surface area contributed by atoms with E-state index in [-0.39, 0.29) is 5.41 Å². The van der Waals surface area contributed by atoms with Crippen LogP contribution in [-0.2, 0) is 5.41 Å². The Bertz CT molecular complexity index is 1010. The number of fused-ring (bicyclic) bond motifs is 2. The van der Waals surface area contributed by atoms with Crippen LogP contribution in [0.1, 0.15) is 86.1 Å². The van der Waals surface area contributed by atoms with Crippen molar-refractivity contribution in [2.45, 2.75) is 86.0 Å². The summed E-state index contributed by atoms with van der Waals surface area (Å²) in [6, 6.07) is 6.92. The molecule has 0 radical (unpaired) electrons. The van der Waals surface area contributed by atoms with Gasteiger partial charge >= 0.3 is 0 Å². The highest BCUT2D eigenvalue weighted by atomic mass is 16.5. The summed E-state index contributed by atoms with van der Waals surface area (Å²) in [7, 11) is 0. The van der Waals surface area contributed by atoms with E-state index in [1.807, 2.05) is 0 Å². The van der Waals surface area contributed by atoms with Crippen LogP contribution < -0.4 is 19.9 Å². The molecule has 0 unspecified atom stereocenters. The summed E-state index contributed by atoms with van der Waals surface area (Å²) >= 11 is 0. The second kappa shape index (κ2) is 10.1. The van der Waals surface area contributed by atoms with E-state index in [1.165, 1.54) is 26.8 Å². The predicted molar refractivity (Wildman–Crippen MR) is 135 cm³/mol. The molecular formula is C29H42O2. The number of benzene rings is 2. The summed E-state index contributed by atoms with van der Waals surface area (Å²) in [6.45, 7) is 17.4. The van der Waals surface area contributed by atoms with Gasteiger partial charge in [0.05, 0.1) is 13.2 Å². The number of ether oxygens (including phenoxy) is 2. The molecule has 0 aromatic heterocycles. The molecule has 2 nitrogen and oxygen atoms in total. The van der Waals surface area contributed by atoms with Crippen molar-refractivity contribution in [1.82, 2.24) is 0 Å². The minimum atomic E-state index is 0.133. The van der Waals surface area contributed by atoms with Gasteiger partial charge in [0.2, 0.25) is 0 Å². The second-order valence-electron chi connectivity index (χ2n) is 10.5. The zero-order chi connectivity index (χ0) is 22.6. The maximum Gasteiger partial charge on any atom is 0.134 e. The fourth-order valence-electron chi connectivity index (χ4n) is 4.06. The van der Waals surface area contributed by atoms with Crippen LogP contribution in [0.15, 0.2) is 18.2 Å². The maximum atomic E-state index is 6.52. The molecule has 0 aliphatic heterocycles. The smallest absolute Gasteiger partial charge is 0.134 e. The van der Waals surface area contributed by atoms with Gasteiger partial charge in [0, 0.05) is 21.2 Å². The zero-order valence-corrected chi connectivity index (χ0v) is 20.8. The predicted octanol–water partition coefficient (Wildman–Crippen LogP) is 6.73. The Morgan fingerprint density at radius 3 is 1.81 bits per heavy atom. The molecule has 3 rings (SSSR count). The quantitative estimate of drug-likeness (QED) is 0.422. The fraction of sp³-hybridized carbons (Fsp3) is 0.586. The molecule has 170 valence electrons. The van der Waals surface area contributed by atoms with Crippen LogP contribution in [0.2, 0.25) is 0 Å². The molecular weight excluding hydrogens is 380 g/mol. The summed E-state index contributed by atoms with van der Waals surface area (Å²) in [4.78, 5) is 0. The third kappa shape index (κ3) is 5.45. The first-order valence-corrected chi connectivity index (χ1v) is 12.3. The maximum absolute atomic E-state index is 6.52. The molecule has 31 heavy (non-hydrogen) atoms. The van der Waals surface area contributed by atoms with Crippen molar-refractivity contribution in [1.29, 1.82) is 0 Å². The summed E-state index contributed by atoms with van der Waals surface area (Å²) in [6.07, 6.45) is 10.0. The number of hydrogen-bond acceptors (Lipinski definition) is 2. The Kier molecular flexibility index (Phi) is 7.73. The summed E-state index contributed by atoms with van der Waals surface area (Å²) in [5.74, 6) is 3.35. The van der Waals surface area contributed by atoms with Crippen LogP contribution >= 0.6 is 0 Å². The van der Waals surface area contributed by atoms with Crippen molar-refractivity contribution in [3.63, 3.8) is 0 Å². The molecule has 1 aliphatic carbocycles. The van der Waals surface area contributed by atoms with Crippen molar-refractivity contribution in [2.75, 3.05) is 13.2 Å². The normalized spacial score (nSPS) is 13.8. The number of rotatable bonds is 10. The molecule has 0 bridgehead atoms. The van der Waals surface area contributed by atoms with E-state index in [4.69, 9.17) is 9.47 Å². The third-order valence-electron chi connectivity index (χ3n) is 6.70. The highest BCUT2D eigenvalue weighted by Crippen LogP contribution is 2.35. The van der Waals surface area contributed by atoms with E-state index < -0.39 is 0 Å². The third-order valence-corrected chi connectivity index (χ3v) is 6.70. The summed E-state index contributed by atoms with van der Waals surface area (Å²) in [5.41, 5.74) is 1.50. The lowest BCUT2D eigenvalue weighted by Gasteiger charge is -2.25. The Labute approximate surface area is 189 Å². The summed E-state index contributed by atoms with van der Waals surface area (Å²) in [5, 5.41) is 4.84. The monoisotopic (exact) mass is 422 g/mol. The highest BCUT2D eigenvalue weighted by Gasteiger charge is 2.22. The molecule has 2 heteroatoms. The summed E-state index contributed by atoms with van der Waals surface area (Å²) < 4.78 is 13.0. The highest BCUT2D eigenvalue weighted by molar-refractivity contribution is 5.95. The van der Waals surface area contributed by atoms with Gasteiger partial charge in [0.1, 0.15) is 11.5 Å².